The molecule has 0 bridgehead atoms. The van der Waals surface area contributed by atoms with Crippen molar-refractivity contribution in [2.75, 3.05) is 17.7 Å². The standard InChI is InChI=1S/C23H18FN3O2S/c1-29-21-12-5-2-9-17(21)22(28)25-16-8-6-7-15(13-16)20-14-30-23(27-20)26-19-11-4-3-10-18(19)24/h2-14H,1H3,(H,25,28)(H,26,27). The molecule has 0 saturated heterocycles. The summed E-state index contributed by atoms with van der Waals surface area (Å²) in [5, 5.41) is 8.34. The number of methoxy groups -OCH3 is 1. The van der Waals surface area contributed by atoms with Gasteiger partial charge >= 0.3 is 0 Å². The summed E-state index contributed by atoms with van der Waals surface area (Å²) < 4.78 is 19.1. The minimum atomic E-state index is -0.338. The van der Waals surface area contributed by atoms with Crippen LogP contribution in [0.15, 0.2) is 78.2 Å². The van der Waals surface area contributed by atoms with E-state index >= 15 is 0 Å². The Morgan fingerprint density at radius 3 is 2.67 bits per heavy atom. The Bertz CT molecular complexity index is 1190. The number of amides is 1. The summed E-state index contributed by atoms with van der Waals surface area (Å²) in [6, 6.07) is 20.9. The zero-order chi connectivity index (χ0) is 20.9. The maximum atomic E-state index is 13.8. The van der Waals surface area contributed by atoms with E-state index in [0.29, 0.717) is 27.8 Å². The monoisotopic (exact) mass is 419 g/mol. The molecule has 0 aliphatic heterocycles. The lowest BCUT2D eigenvalue weighted by Gasteiger charge is -2.10. The van der Waals surface area contributed by atoms with Gasteiger partial charge in [0.15, 0.2) is 5.13 Å². The third kappa shape index (κ3) is 4.31. The molecule has 4 rings (SSSR count). The second-order valence-electron chi connectivity index (χ2n) is 6.38. The van der Waals surface area contributed by atoms with Gasteiger partial charge in [0.25, 0.3) is 5.91 Å². The maximum Gasteiger partial charge on any atom is 0.259 e. The molecule has 0 spiro atoms. The number of thiazole rings is 1. The molecule has 0 atom stereocenters. The summed E-state index contributed by atoms with van der Waals surface area (Å²) in [7, 11) is 1.53. The number of para-hydroxylation sites is 2. The number of carbonyl (C=O) groups is 1. The molecule has 0 fully saturated rings. The summed E-state index contributed by atoms with van der Waals surface area (Å²) in [6.07, 6.45) is 0. The predicted molar refractivity (Wildman–Crippen MR) is 118 cm³/mol. The van der Waals surface area contributed by atoms with Crippen LogP contribution >= 0.6 is 11.3 Å². The zero-order valence-corrected chi connectivity index (χ0v) is 16.9. The summed E-state index contributed by atoms with van der Waals surface area (Å²) in [4.78, 5) is 17.2. The number of ether oxygens (including phenoxy) is 1. The Hall–Kier alpha value is -3.71. The highest BCUT2D eigenvalue weighted by Crippen LogP contribution is 2.29. The van der Waals surface area contributed by atoms with E-state index in [1.54, 1.807) is 36.4 Å². The number of rotatable bonds is 6. The van der Waals surface area contributed by atoms with E-state index in [4.69, 9.17) is 4.74 Å². The van der Waals surface area contributed by atoms with E-state index in [-0.39, 0.29) is 11.7 Å². The van der Waals surface area contributed by atoms with Crippen molar-refractivity contribution in [1.29, 1.82) is 0 Å². The van der Waals surface area contributed by atoms with Crippen LogP contribution in [0.4, 0.5) is 20.9 Å². The van der Waals surface area contributed by atoms with Gasteiger partial charge in [-0.1, -0.05) is 36.4 Å². The third-order valence-corrected chi connectivity index (χ3v) is 5.15. The molecule has 150 valence electrons. The highest BCUT2D eigenvalue weighted by atomic mass is 32.1. The quantitative estimate of drug-likeness (QED) is 0.405. The first kappa shape index (κ1) is 19.6. The minimum absolute atomic E-state index is 0.259. The Morgan fingerprint density at radius 1 is 1.03 bits per heavy atom. The number of carbonyl (C=O) groups excluding carboxylic acids is 1. The van der Waals surface area contributed by atoms with E-state index in [1.807, 2.05) is 35.7 Å². The lowest BCUT2D eigenvalue weighted by molar-refractivity contribution is 0.102. The number of nitrogens with zero attached hydrogens (tertiary/aromatic N) is 1. The molecule has 0 aliphatic rings. The van der Waals surface area contributed by atoms with Crippen LogP contribution in [-0.4, -0.2) is 18.0 Å². The van der Waals surface area contributed by atoms with Crippen molar-refractivity contribution in [3.8, 4) is 17.0 Å². The van der Waals surface area contributed by atoms with E-state index in [9.17, 15) is 9.18 Å². The van der Waals surface area contributed by atoms with Crippen molar-refractivity contribution < 1.29 is 13.9 Å². The number of halogens is 1. The Morgan fingerprint density at radius 2 is 1.83 bits per heavy atom. The average molecular weight is 419 g/mol. The fourth-order valence-corrected chi connectivity index (χ4v) is 3.66. The second kappa shape index (κ2) is 8.75. The smallest absolute Gasteiger partial charge is 0.259 e. The number of nitrogens with one attached hydrogen (secondary N) is 2. The summed E-state index contributed by atoms with van der Waals surface area (Å²) in [6.45, 7) is 0. The molecule has 0 aliphatic carbocycles. The van der Waals surface area contributed by atoms with Gasteiger partial charge in [-0.2, -0.15) is 0 Å². The van der Waals surface area contributed by atoms with Gasteiger partial charge < -0.3 is 15.4 Å². The maximum absolute atomic E-state index is 13.8. The molecule has 0 unspecified atom stereocenters. The Balaban J connectivity index is 1.52. The largest absolute Gasteiger partial charge is 0.496 e. The molecule has 3 aromatic carbocycles. The van der Waals surface area contributed by atoms with Gasteiger partial charge in [-0.3, -0.25) is 4.79 Å². The second-order valence-corrected chi connectivity index (χ2v) is 7.24. The molecule has 0 radical (unpaired) electrons. The van der Waals surface area contributed by atoms with Crippen LogP contribution in [0.3, 0.4) is 0 Å². The van der Waals surface area contributed by atoms with Gasteiger partial charge in [-0.05, 0) is 36.4 Å². The van der Waals surface area contributed by atoms with Gasteiger partial charge in [-0.15, -0.1) is 11.3 Å². The highest BCUT2D eigenvalue weighted by Gasteiger charge is 2.13. The number of hydrogen-bond acceptors (Lipinski definition) is 5. The number of benzene rings is 3. The summed E-state index contributed by atoms with van der Waals surface area (Å²) in [5.74, 6) is -0.0883. The first-order valence-corrected chi connectivity index (χ1v) is 10.0. The molecule has 1 heterocycles. The molecule has 1 amide bonds. The predicted octanol–water partition coefficient (Wildman–Crippen LogP) is 5.95. The van der Waals surface area contributed by atoms with Crippen LogP contribution < -0.4 is 15.4 Å². The molecule has 4 aromatic rings. The summed E-state index contributed by atoms with van der Waals surface area (Å²) >= 11 is 1.38. The lowest BCUT2D eigenvalue weighted by atomic mass is 10.1. The van der Waals surface area contributed by atoms with E-state index in [0.717, 1.165) is 11.3 Å². The zero-order valence-electron chi connectivity index (χ0n) is 16.1. The molecule has 1 aromatic heterocycles. The molecule has 2 N–H and O–H groups in total. The first-order chi connectivity index (χ1) is 14.6. The SMILES string of the molecule is COc1ccccc1C(=O)Nc1cccc(-c2csc(Nc3ccccc3F)n2)c1. The van der Waals surface area contributed by atoms with Gasteiger partial charge in [0.05, 0.1) is 24.1 Å². The van der Waals surface area contributed by atoms with Gasteiger partial charge in [0.2, 0.25) is 0 Å². The van der Waals surface area contributed by atoms with Crippen LogP contribution in [0.2, 0.25) is 0 Å². The van der Waals surface area contributed by atoms with Crippen molar-refractivity contribution in [2.24, 2.45) is 0 Å². The average Bonchev–Trinajstić information content (AvgIpc) is 3.24. The van der Waals surface area contributed by atoms with Crippen LogP contribution in [0.1, 0.15) is 10.4 Å². The number of aromatic nitrogens is 1. The van der Waals surface area contributed by atoms with Crippen molar-refractivity contribution in [1.82, 2.24) is 4.98 Å². The van der Waals surface area contributed by atoms with E-state index in [2.05, 4.69) is 15.6 Å². The summed E-state index contributed by atoms with van der Waals surface area (Å²) in [5.41, 5.74) is 3.03. The van der Waals surface area contributed by atoms with Crippen molar-refractivity contribution in [3.05, 3.63) is 89.6 Å². The molecule has 7 heteroatoms. The first-order valence-electron chi connectivity index (χ1n) is 9.16. The van der Waals surface area contributed by atoms with E-state index in [1.165, 1.54) is 24.5 Å². The van der Waals surface area contributed by atoms with Gasteiger partial charge in [0, 0.05) is 16.6 Å². The Labute approximate surface area is 177 Å². The molecular formula is C23H18FN3O2S. The molecule has 30 heavy (non-hydrogen) atoms. The van der Waals surface area contributed by atoms with Crippen molar-refractivity contribution in [3.63, 3.8) is 0 Å². The van der Waals surface area contributed by atoms with Crippen molar-refractivity contribution in [2.45, 2.75) is 0 Å². The van der Waals surface area contributed by atoms with Crippen molar-refractivity contribution >= 4 is 33.8 Å². The fraction of sp³-hybridized carbons (Fsp3) is 0.0435. The lowest BCUT2D eigenvalue weighted by Crippen LogP contribution is -2.13. The normalized spacial score (nSPS) is 10.5. The number of hydrogen-bond donors (Lipinski definition) is 2. The third-order valence-electron chi connectivity index (χ3n) is 4.39. The van der Waals surface area contributed by atoms with Gasteiger partial charge in [0.1, 0.15) is 11.6 Å². The van der Waals surface area contributed by atoms with Crippen LogP contribution in [0.25, 0.3) is 11.3 Å². The topological polar surface area (TPSA) is 63.2 Å². The fourth-order valence-electron chi connectivity index (χ4n) is 2.93. The van der Waals surface area contributed by atoms with Crippen LogP contribution in [-0.2, 0) is 0 Å². The minimum Gasteiger partial charge on any atom is -0.496 e. The highest BCUT2D eigenvalue weighted by molar-refractivity contribution is 7.14. The van der Waals surface area contributed by atoms with E-state index < -0.39 is 0 Å². The molecule has 5 nitrogen and oxygen atoms in total. The van der Waals surface area contributed by atoms with Gasteiger partial charge in [-0.25, -0.2) is 9.37 Å². The molecule has 0 saturated carbocycles. The van der Waals surface area contributed by atoms with Crippen LogP contribution in [0, 0.1) is 5.82 Å². The molecular weight excluding hydrogens is 401 g/mol. The van der Waals surface area contributed by atoms with Crippen LogP contribution in [0.5, 0.6) is 5.75 Å². The number of anilines is 3. The Kier molecular flexibility index (Phi) is 5.72.